The molecular formula is C11H17N3O3. The molecule has 0 saturated carbocycles. The molecule has 1 atom stereocenters. The molecule has 0 bridgehead atoms. The van der Waals surface area contributed by atoms with Crippen LogP contribution in [0.1, 0.15) is 37.0 Å². The highest BCUT2D eigenvalue weighted by molar-refractivity contribution is 5.96. The average molecular weight is 239 g/mol. The van der Waals surface area contributed by atoms with Gasteiger partial charge in [-0.05, 0) is 12.8 Å². The number of aliphatic carboxylic acids is 1. The first kappa shape index (κ1) is 13.2. The minimum absolute atomic E-state index is 0.351. The smallest absolute Gasteiger partial charge is 0.326 e. The number of carbonyl (C=O) groups is 2. The van der Waals surface area contributed by atoms with Gasteiger partial charge in [0, 0.05) is 12.7 Å². The summed E-state index contributed by atoms with van der Waals surface area (Å²) in [6.45, 7) is 4.46. The van der Waals surface area contributed by atoms with E-state index in [1.54, 1.807) is 17.8 Å². The first-order chi connectivity index (χ1) is 8.08. The molecular weight excluding hydrogens is 222 g/mol. The second kappa shape index (κ2) is 6.03. The molecule has 1 heterocycles. The number of aryl methyl sites for hydroxylation is 1. The lowest BCUT2D eigenvalue weighted by Crippen LogP contribution is -2.40. The third kappa shape index (κ3) is 3.58. The van der Waals surface area contributed by atoms with E-state index in [-0.39, 0.29) is 0 Å². The van der Waals surface area contributed by atoms with Crippen molar-refractivity contribution in [3.8, 4) is 0 Å². The van der Waals surface area contributed by atoms with E-state index in [4.69, 9.17) is 5.11 Å². The average Bonchev–Trinajstić information content (AvgIpc) is 2.74. The van der Waals surface area contributed by atoms with Gasteiger partial charge in [-0.1, -0.05) is 13.8 Å². The Balaban J connectivity index is 2.65. The molecule has 0 aliphatic heterocycles. The number of carboxylic acids is 1. The number of rotatable bonds is 6. The molecule has 0 aliphatic rings. The molecule has 0 aliphatic carbocycles. The molecule has 0 fully saturated rings. The Morgan fingerprint density at radius 1 is 1.53 bits per heavy atom. The van der Waals surface area contributed by atoms with Crippen molar-refractivity contribution in [2.45, 2.75) is 39.3 Å². The maximum Gasteiger partial charge on any atom is 0.326 e. The quantitative estimate of drug-likeness (QED) is 0.772. The van der Waals surface area contributed by atoms with Crippen molar-refractivity contribution in [2.24, 2.45) is 0 Å². The predicted molar refractivity (Wildman–Crippen MR) is 61.7 cm³/mol. The third-order valence-electron chi connectivity index (χ3n) is 2.36. The van der Waals surface area contributed by atoms with Crippen molar-refractivity contribution in [1.82, 2.24) is 15.1 Å². The molecule has 94 valence electrons. The van der Waals surface area contributed by atoms with Crippen LogP contribution >= 0.6 is 0 Å². The van der Waals surface area contributed by atoms with E-state index in [0.29, 0.717) is 12.0 Å². The number of carboxylic acid groups (broad SMARTS) is 1. The number of nitrogens with zero attached hydrogens (tertiary/aromatic N) is 2. The normalized spacial score (nSPS) is 12.1. The highest BCUT2D eigenvalue weighted by Gasteiger charge is 2.19. The fourth-order valence-electron chi connectivity index (χ4n) is 1.41. The van der Waals surface area contributed by atoms with E-state index in [9.17, 15) is 9.59 Å². The van der Waals surface area contributed by atoms with Gasteiger partial charge in [-0.15, -0.1) is 0 Å². The number of nitrogens with one attached hydrogen (secondary N) is 1. The summed E-state index contributed by atoms with van der Waals surface area (Å²) in [4.78, 5) is 22.5. The van der Waals surface area contributed by atoms with E-state index in [0.717, 1.165) is 13.0 Å². The van der Waals surface area contributed by atoms with E-state index < -0.39 is 17.9 Å². The van der Waals surface area contributed by atoms with Crippen molar-refractivity contribution in [1.29, 1.82) is 0 Å². The van der Waals surface area contributed by atoms with Crippen LogP contribution in [0.5, 0.6) is 0 Å². The molecule has 17 heavy (non-hydrogen) atoms. The van der Waals surface area contributed by atoms with Crippen LogP contribution < -0.4 is 5.32 Å². The van der Waals surface area contributed by atoms with Crippen molar-refractivity contribution < 1.29 is 14.7 Å². The molecule has 2 N–H and O–H groups in total. The van der Waals surface area contributed by atoms with Crippen molar-refractivity contribution >= 4 is 11.9 Å². The molecule has 6 heteroatoms. The fourth-order valence-corrected chi connectivity index (χ4v) is 1.41. The number of hydrogen-bond acceptors (Lipinski definition) is 3. The zero-order valence-corrected chi connectivity index (χ0v) is 10.0. The number of carbonyl (C=O) groups excluding carboxylic acids is 1. The lowest BCUT2D eigenvalue weighted by molar-refractivity contribution is -0.139. The molecule has 0 spiro atoms. The largest absolute Gasteiger partial charge is 0.480 e. The highest BCUT2D eigenvalue weighted by atomic mass is 16.4. The second-order valence-corrected chi connectivity index (χ2v) is 3.76. The minimum Gasteiger partial charge on any atom is -0.480 e. The van der Waals surface area contributed by atoms with Crippen LogP contribution in [0, 0.1) is 0 Å². The van der Waals surface area contributed by atoms with Gasteiger partial charge in [-0.2, -0.15) is 5.10 Å². The van der Waals surface area contributed by atoms with Crippen LogP contribution in [-0.4, -0.2) is 32.8 Å². The third-order valence-corrected chi connectivity index (χ3v) is 2.36. The fraction of sp³-hybridized carbons (Fsp3) is 0.545. The zero-order valence-electron chi connectivity index (χ0n) is 10.0. The summed E-state index contributed by atoms with van der Waals surface area (Å²) in [5.41, 5.74) is 0.387. The Morgan fingerprint density at radius 2 is 2.24 bits per heavy atom. The summed E-state index contributed by atoms with van der Waals surface area (Å²) in [5, 5.41) is 15.3. The van der Waals surface area contributed by atoms with Crippen LogP contribution in [0.25, 0.3) is 0 Å². The van der Waals surface area contributed by atoms with E-state index in [1.165, 1.54) is 6.20 Å². The Hall–Kier alpha value is -1.85. The Labute approximate surface area is 99.6 Å². The predicted octanol–water partition coefficient (Wildman–Crippen LogP) is 0.886. The number of hydrogen-bond donors (Lipinski definition) is 2. The lowest BCUT2D eigenvalue weighted by atomic mass is 10.2. The van der Waals surface area contributed by atoms with Gasteiger partial charge in [0.15, 0.2) is 0 Å². The monoisotopic (exact) mass is 239 g/mol. The van der Waals surface area contributed by atoms with Crippen LogP contribution in [-0.2, 0) is 11.3 Å². The lowest BCUT2D eigenvalue weighted by Gasteiger charge is -2.10. The summed E-state index contributed by atoms with van der Waals surface area (Å²) in [6.07, 6.45) is 4.34. The molecule has 1 unspecified atom stereocenters. The number of amides is 1. The maximum atomic E-state index is 11.7. The van der Waals surface area contributed by atoms with E-state index >= 15 is 0 Å². The SMILES string of the molecule is CCCn1cc(C(=O)NC(CC)C(=O)O)cn1. The Kier molecular flexibility index (Phi) is 4.68. The van der Waals surface area contributed by atoms with Crippen molar-refractivity contribution in [3.05, 3.63) is 18.0 Å². The topological polar surface area (TPSA) is 84.2 Å². The maximum absolute atomic E-state index is 11.7. The van der Waals surface area contributed by atoms with Crippen LogP contribution in [0.4, 0.5) is 0 Å². The van der Waals surface area contributed by atoms with Crippen LogP contribution in [0.15, 0.2) is 12.4 Å². The molecule has 0 saturated heterocycles. The van der Waals surface area contributed by atoms with Gasteiger partial charge >= 0.3 is 5.97 Å². The standard InChI is InChI=1S/C11H17N3O3/c1-3-5-14-7-8(6-12-14)10(15)13-9(4-2)11(16)17/h6-7,9H,3-5H2,1-2H3,(H,13,15)(H,16,17). The van der Waals surface area contributed by atoms with E-state index in [2.05, 4.69) is 10.4 Å². The number of aromatic nitrogens is 2. The van der Waals surface area contributed by atoms with Gasteiger partial charge in [0.1, 0.15) is 6.04 Å². The summed E-state index contributed by atoms with van der Waals surface area (Å²) < 4.78 is 1.66. The van der Waals surface area contributed by atoms with Crippen LogP contribution in [0.3, 0.4) is 0 Å². The minimum atomic E-state index is -1.03. The van der Waals surface area contributed by atoms with Crippen LogP contribution in [0.2, 0.25) is 0 Å². The summed E-state index contributed by atoms with van der Waals surface area (Å²) in [5.74, 6) is -1.43. The Morgan fingerprint density at radius 3 is 2.76 bits per heavy atom. The molecule has 0 aromatic carbocycles. The van der Waals surface area contributed by atoms with Crippen molar-refractivity contribution in [3.63, 3.8) is 0 Å². The van der Waals surface area contributed by atoms with Crippen molar-refractivity contribution in [2.75, 3.05) is 0 Å². The molecule has 1 aromatic heterocycles. The highest BCUT2D eigenvalue weighted by Crippen LogP contribution is 2.01. The Bertz CT molecular complexity index is 400. The van der Waals surface area contributed by atoms with Gasteiger partial charge < -0.3 is 10.4 Å². The molecule has 1 amide bonds. The van der Waals surface area contributed by atoms with Gasteiger partial charge in [-0.3, -0.25) is 9.48 Å². The van der Waals surface area contributed by atoms with Gasteiger partial charge in [0.05, 0.1) is 11.8 Å². The second-order valence-electron chi connectivity index (χ2n) is 3.76. The molecule has 0 radical (unpaired) electrons. The summed E-state index contributed by atoms with van der Waals surface area (Å²) in [6, 6.07) is -0.850. The van der Waals surface area contributed by atoms with E-state index in [1.807, 2.05) is 6.92 Å². The van der Waals surface area contributed by atoms with Gasteiger partial charge in [0.2, 0.25) is 0 Å². The zero-order chi connectivity index (χ0) is 12.8. The van der Waals surface area contributed by atoms with Gasteiger partial charge in [-0.25, -0.2) is 4.79 Å². The summed E-state index contributed by atoms with van der Waals surface area (Å²) >= 11 is 0. The first-order valence-electron chi connectivity index (χ1n) is 5.64. The summed E-state index contributed by atoms with van der Waals surface area (Å²) in [7, 11) is 0. The van der Waals surface area contributed by atoms with Gasteiger partial charge in [0.25, 0.3) is 5.91 Å². The molecule has 1 aromatic rings. The first-order valence-corrected chi connectivity index (χ1v) is 5.64. The molecule has 6 nitrogen and oxygen atoms in total. The molecule has 1 rings (SSSR count).